The number of anilines is 2. The van der Waals surface area contributed by atoms with Crippen LogP contribution in [0.2, 0.25) is 0 Å². The first-order valence-corrected chi connectivity index (χ1v) is 10.7. The topological polar surface area (TPSA) is 88.9 Å². The molecule has 0 radical (unpaired) electrons. The van der Waals surface area contributed by atoms with Gasteiger partial charge >= 0.3 is 6.18 Å². The highest BCUT2D eigenvalue weighted by atomic mass is 32.2. The first kappa shape index (κ1) is 21.9. The van der Waals surface area contributed by atoms with Crippen LogP contribution in [0.25, 0.3) is 0 Å². The van der Waals surface area contributed by atoms with Gasteiger partial charge in [-0.15, -0.1) is 10.2 Å². The highest BCUT2D eigenvalue weighted by molar-refractivity contribution is 7.99. The molecule has 4 rings (SSSR count). The van der Waals surface area contributed by atoms with E-state index >= 15 is 0 Å². The Morgan fingerprint density at radius 2 is 1.78 bits per heavy atom. The van der Waals surface area contributed by atoms with Crippen molar-refractivity contribution in [2.45, 2.75) is 30.2 Å². The van der Waals surface area contributed by atoms with E-state index in [1.165, 1.54) is 36.0 Å². The Balaban J connectivity index is 1.36. The number of benzene rings is 2. The molecule has 0 bridgehead atoms. The molecule has 0 unspecified atom stereocenters. The van der Waals surface area contributed by atoms with Crippen LogP contribution in [0.15, 0.2) is 60.0 Å². The number of nitrogens with one attached hydrogen (secondary N) is 2. The number of hydrogen-bond acceptors (Lipinski definition) is 5. The van der Waals surface area contributed by atoms with Crippen LogP contribution in [0, 0.1) is 0 Å². The van der Waals surface area contributed by atoms with E-state index in [9.17, 15) is 22.8 Å². The quantitative estimate of drug-likeness (QED) is 0.502. The second kappa shape index (κ2) is 9.03. The summed E-state index contributed by atoms with van der Waals surface area (Å²) in [6.45, 7) is 0. The van der Waals surface area contributed by atoms with Crippen LogP contribution in [-0.4, -0.2) is 32.3 Å². The van der Waals surface area contributed by atoms with Crippen molar-refractivity contribution in [3.05, 3.63) is 66.0 Å². The number of thioether (sulfide) groups is 1. The third-order valence-electron chi connectivity index (χ3n) is 4.67. The number of hydrogen-bond donors (Lipinski definition) is 2. The molecule has 1 aliphatic carbocycles. The molecular formula is C21H18F3N5O2S. The number of carbonyl (C=O) groups is 2. The van der Waals surface area contributed by atoms with Crippen molar-refractivity contribution in [1.29, 1.82) is 0 Å². The monoisotopic (exact) mass is 461 g/mol. The summed E-state index contributed by atoms with van der Waals surface area (Å²) in [5.74, 6) is -0.755. The fraction of sp³-hybridized carbons (Fsp3) is 0.238. The van der Waals surface area contributed by atoms with Gasteiger partial charge in [-0.1, -0.05) is 23.9 Å². The Kier molecular flexibility index (Phi) is 6.17. The van der Waals surface area contributed by atoms with E-state index < -0.39 is 17.6 Å². The maximum atomic E-state index is 12.9. The molecule has 1 fully saturated rings. The number of alkyl halides is 3. The van der Waals surface area contributed by atoms with Gasteiger partial charge in [0.2, 0.25) is 5.91 Å². The minimum absolute atomic E-state index is 0.0236. The molecular weight excluding hydrogens is 443 g/mol. The van der Waals surface area contributed by atoms with Crippen LogP contribution in [-0.2, 0) is 11.0 Å². The van der Waals surface area contributed by atoms with Crippen molar-refractivity contribution in [2.24, 2.45) is 0 Å². The Labute approximate surface area is 185 Å². The Hall–Kier alpha value is -3.34. The van der Waals surface area contributed by atoms with Gasteiger partial charge in [-0.25, -0.2) is 0 Å². The highest BCUT2D eigenvalue weighted by Crippen LogP contribution is 2.37. The van der Waals surface area contributed by atoms with E-state index in [-0.39, 0.29) is 22.9 Å². The lowest BCUT2D eigenvalue weighted by Gasteiger charge is -2.11. The number of rotatable bonds is 7. The van der Waals surface area contributed by atoms with Gasteiger partial charge in [-0.2, -0.15) is 13.2 Å². The summed E-state index contributed by atoms with van der Waals surface area (Å²) in [4.78, 5) is 24.8. The van der Waals surface area contributed by atoms with Gasteiger partial charge in [0.1, 0.15) is 6.33 Å². The number of amides is 2. The third kappa shape index (κ3) is 5.47. The number of nitrogens with zero attached hydrogens (tertiary/aromatic N) is 3. The molecule has 1 aliphatic rings. The van der Waals surface area contributed by atoms with Crippen LogP contribution in [0.3, 0.4) is 0 Å². The molecule has 3 aromatic rings. The summed E-state index contributed by atoms with van der Waals surface area (Å²) >= 11 is 1.27. The number of carbonyl (C=O) groups excluding carboxylic acids is 2. The van der Waals surface area contributed by atoms with Crippen molar-refractivity contribution in [3.8, 4) is 0 Å². The van der Waals surface area contributed by atoms with Crippen molar-refractivity contribution < 1.29 is 22.8 Å². The van der Waals surface area contributed by atoms with E-state index in [1.807, 2.05) is 4.57 Å². The molecule has 166 valence electrons. The maximum absolute atomic E-state index is 12.9. The lowest BCUT2D eigenvalue weighted by atomic mass is 10.1. The summed E-state index contributed by atoms with van der Waals surface area (Å²) in [7, 11) is 0. The molecule has 2 N–H and O–H groups in total. The van der Waals surface area contributed by atoms with Gasteiger partial charge in [-0.05, 0) is 49.2 Å². The first-order chi connectivity index (χ1) is 15.3. The van der Waals surface area contributed by atoms with E-state index in [2.05, 4.69) is 20.8 Å². The van der Waals surface area contributed by atoms with Gasteiger partial charge in [0.05, 0.1) is 11.3 Å². The zero-order valence-electron chi connectivity index (χ0n) is 16.6. The molecule has 32 heavy (non-hydrogen) atoms. The first-order valence-electron chi connectivity index (χ1n) is 9.70. The average molecular weight is 461 g/mol. The molecule has 2 aromatic carbocycles. The number of halogens is 3. The fourth-order valence-electron chi connectivity index (χ4n) is 2.98. The smallest absolute Gasteiger partial charge is 0.325 e. The molecule has 1 aromatic heterocycles. The lowest BCUT2D eigenvalue weighted by molar-refractivity contribution is -0.137. The number of aromatic nitrogens is 3. The summed E-state index contributed by atoms with van der Waals surface area (Å²) in [5, 5.41) is 13.7. The van der Waals surface area contributed by atoms with E-state index in [0.717, 1.165) is 25.0 Å². The predicted molar refractivity (Wildman–Crippen MR) is 113 cm³/mol. The molecule has 1 saturated carbocycles. The Morgan fingerprint density at radius 1 is 1.06 bits per heavy atom. The summed E-state index contributed by atoms with van der Waals surface area (Å²) in [6.07, 6.45) is -0.695. The van der Waals surface area contributed by atoms with Crippen LogP contribution in [0.5, 0.6) is 0 Å². The molecule has 7 nitrogen and oxygen atoms in total. The average Bonchev–Trinajstić information content (AvgIpc) is 3.49. The van der Waals surface area contributed by atoms with Gasteiger partial charge in [0.15, 0.2) is 5.16 Å². The normalized spacial score (nSPS) is 13.6. The minimum Gasteiger partial charge on any atom is -0.325 e. The van der Waals surface area contributed by atoms with Gasteiger partial charge in [0, 0.05) is 23.0 Å². The van der Waals surface area contributed by atoms with Crippen LogP contribution < -0.4 is 10.6 Å². The van der Waals surface area contributed by atoms with Gasteiger partial charge in [0.25, 0.3) is 5.91 Å². The summed E-state index contributed by atoms with van der Waals surface area (Å²) in [5.41, 5.74) is -0.237. The van der Waals surface area contributed by atoms with Crippen molar-refractivity contribution in [1.82, 2.24) is 14.8 Å². The third-order valence-corrected chi connectivity index (χ3v) is 5.63. The minimum atomic E-state index is -4.51. The molecule has 0 atom stereocenters. The summed E-state index contributed by atoms with van der Waals surface area (Å²) in [6, 6.07) is 10.9. The fourth-order valence-corrected chi connectivity index (χ4v) is 3.76. The second-order valence-corrected chi connectivity index (χ2v) is 8.14. The van der Waals surface area contributed by atoms with Crippen LogP contribution in [0.1, 0.15) is 34.8 Å². The largest absolute Gasteiger partial charge is 0.416 e. The van der Waals surface area contributed by atoms with Crippen molar-refractivity contribution in [3.63, 3.8) is 0 Å². The lowest BCUT2D eigenvalue weighted by Crippen LogP contribution is -2.16. The van der Waals surface area contributed by atoms with Gasteiger partial charge < -0.3 is 15.2 Å². The second-order valence-electron chi connectivity index (χ2n) is 7.20. The SMILES string of the molecule is O=C(CSc1nncn1C1CC1)Nc1cccc(C(=O)Nc2cccc(C(F)(F)F)c2)c1. The zero-order valence-corrected chi connectivity index (χ0v) is 17.4. The van der Waals surface area contributed by atoms with Crippen molar-refractivity contribution >= 4 is 35.0 Å². The van der Waals surface area contributed by atoms with Gasteiger partial charge in [-0.3, -0.25) is 9.59 Å². The Morgan fingerprint density at radius 3 is 2.50 bits per heavy atom. The highest BCUT2D eigenvalue weighted by Gasteiger charge is 2.30. The van der Waals surface area contributed by atoms with E-state index in [1.54, 1.807) is 18.5 Å². The molecule has 0 aliphatic heterocycles. The van der Waals surface area contributed by atoms with Crippen LogP contribution >= 0.6 is 11.8 Å². The zero-order chi connectivity index (χ0) is 22.7. The molecule has 11 heteroatoms. The van der Waals surface area contributed by atoms with E-state index in [4.69, 9.17) is 0 Å². The Bertz CT molecular complexity index is 1140. The molecule has 2 amide bonds. The predicted octanol–water partition coefficient (Wildman–Crippen LogP) is 4.61. The van der Waals surface area contributed by atoms with Crippen LogP contribution in [0.4, 0.5) is 24.5 Å². The molecule has 0 spiro atoms. The van der Waals surface area contributed by atoms with E-state index in [0.29, 0.717) is 16.9 Å². The van der Waals surface area contributed by atoms with Crippen molar-refractivity contribution in [2.75, 3.05) is 16.4 Å². The molecule has 1 heterocycles. The molecule has 0 saturated heterocycles. The summed E-state index contributed by atoms with van der Waals surface area (Å²) < 4.78 is 40.5. The standard InChI is InChI=1S/C21H18F3N5O2S/c22-21(23,24)14-4-2-6-16(10-14)27-19(31)13-3-1-5-15(9-13)26-18(30)11-32-20-28-25-12-29(20)17-7-8-17/h1-6,9-10,12,17H,7-8,11H2,(H,26,30)(H,27,31). The maximum Gasteiger partial charge on any atom is 0.416 e.